The van der Waals surface area contributed by atoms with Gasteiger partial charge in [0.05, 0.1) is 0 Å². The van der Waals surface area contributed by atoms with Gasteiger partial charge in [0.15, 0.2) is 0 Å². The highest BCUT2D eigenvalue weighted by Gasteiger charge is 2.16. The molecule has 112 valence electrons. The molecule has 0 amide bonds. The van der Waals surface area contributed by atoms with Gasteiger partial charge in [-0.1, -0.05) is 36.4 Å². The zero-order valence-corrected chi connectivity index (χ0v) is 13.1. The summed E-state index contributed by atoms with van der Waals surface area (Å²) in [4.78, 5) is 2.55. The van der Waals surface area contributed by atoms with Gasteiger partial charge in [-0.3, -0.25) is 4.90 Å². The molecule has 0 saturated carbocycles. The molecule has 20 heavy (non-hydrogen) atoms. The molecule has 1 aromatic carbocycles. The first-order valence-corrected chi connectivity index (χ1v) is 7.46. The van der Waals surface area contributed by atoms with Crippen molar-refractivity contribution < 1.29 is 0 Å². The lowest BCUT2D eigenvalue weighted by Crippen LogP contribution is -2.37. The molecule has 0 aliphatic carbocycles. The summed E-state index contributed by atoms with van der Waals surface area (Å²) < 4.78 is 0. The average Bonchev–Trinajstić information content (AvgIpc) is 2.47. The standard InChI is InChI=1S/C17H26N2.ClH/c1-2-13-19(15-17-8-11-18-12-9-17)14-10-16-6-4-3-5-7-16;/h2-7,17-18H,1,8-15H2;1H. The van der Waals surface area contributed by atoms with Crippen LogP contribution in [0.2, 0.25) is 0 Å². The summed E-state index contributed by atoms with van der Waals surface area (Å²) >= 11 is 0. The fourth-order valence-electron chi connectivity index (χ4n) is 2.80. The molecule has 2 rings (SSSR count). The Morgan fingerprint density at radius 1 is 1.20 bits per heavy atom. The van der Waals surface area contributed by atoms with Crippen LogP contribution in [0.5, 0.6) is 0 Å². The number of halogens is 1. The van der Waals surface area contributed by atoms with E-state index in [-0.39, 0.29) is 12.4 Å². The van der Waals surface area contributed by atoms with Crippen LogP contribution >= 0.6 is 12.4 Å². The second-order valence-corrected chi connectivity index (χ2v) is 5.48. The lowest BCUT2D eigenvalue weighted by Gasteiger charge is -2.29. The number of nitrogens with one attached hydrogen (secondary N) is 1. The second kappa shape index (κ2) is 9.98. The Labute approximate surface area is 129 Å². The molecule has 1 heterocycles. The van der Waals surface area contributed by atoms with Crippen molar-refractivity contribution in [3.63, 3.8) is 0 Å². The van der Waals surface area contributed by atoms with Gasteiger partial charge in [0.1, 0.15) is 0 Å². The van der Waals surface area contributed by atoms with Crippen LogP contribution in [0.4, 0.5) is 0 Å². The van der Waals surface area contributed by atoms with Crippen LogP contribution in [-0.2, 0) is 6.42 Å². The Balaban J connectivity index is 0.00000200. The molecule has 2 nitrogen and oxygen atoms in total. The van der Waals surface area contributed by atoms with Gasteiger partial charge in [-0.25, -0.2) is 0 Å². The Kier molecular flexibility index (Phi) is 8.59. The quantitative estimate of drug-likeness (QED) is 0.777. The van der Waals surface area contributed by atoms with Crippen molar-refractivity contribution in [2.75, 3.05) is 32.7 Å². The van der Waals surface area contributed by atoms with Gasteiger partial charge in [-0.15, -0.1) is 19.0 Å². The summed E-state index contributed by atoms with van der Waals surface area (Å²) in [6, 6.07) is 10.8. The van der Waals surface area contributed by atoms with E-state index >= 15 is 0 Å². The van der Waals surface area contributed by atoms with E-state index in [0.717, 1.165) is 25.4 Å². The third kappa shape index (κ3) is 6.08. The number of hydrogen-bond donors (Lipinski definition) is 1. The van der Waals surface area contributed by atoms with E-state index in [0.29, 0.717) is 0 Å². The minimum atomic E-state index is 0. The van der Waals surface area contributed by atoms with E-state index in [1.165, 1.54) is 38.0 Å². The van der Waals surface area contributed by atoms with Gasteiger partial charge in [-0.05, 0) is 43.8 Å². The molecule has 1 aromatic rings. The van der Waals surface area contributed by atoms with Crippen LogP contribution < -0.4 is 5.32 Å². The average molecular weight is 295 g/mol. The number of hydrogen-bond acceptors (Lipinski definition) is 2. The third-order valence-corrected chi connectivity index (χ3v) is 3.92. The molecule has 1 saturated heterocycles. The lowest BCUT2D eigenvalue weighted by atomic mass is 9.97. The topological polar surface area (TPSA) is 15.3 Å². The molecule has 0 radical (unpaired) electrons. The fourth-order valence-corrected chi connectivity index (χ4v) is 2.80. The third-order valence-electron chi connectivity index (χ3n) is 3.92. The zero-order valence-electron chi connectivity index (χ0n) is 12.3. The maximum absolute atomic E-state index is 3.89. The van der Waals surface area contributed by atoms with Gasteiger partial charge in [-0.2, -0.15) is 0 Å². The van der Waals surface area contributed by atoms with Gasteiger partial charge < -0.3 is 5.32 Å². The van der Waals surface area contributed by atoms with Gasteiger partial charge >= 0.3 is 0 Å². The summed E-state index contributed by atoms with van der Waals surface area (Å²) in [7, 11) is 0. The number of piperidine rings is 1. The second-order valence-electron chi connectivity index (χ2n) is 5.48. The van der Waals surface area contributed by atoms with Crippen molar-refractivity contribution in [1.82, 2.24) is 10.2 Å². The van der Waals surface area contributed by atoms with Crippen LogP contribution in [0, 0.1) is 5.92 Å². The molecule has 1 aliphatic rings. The van der Waals surface area contributed by atoms with E-state index < -0.39 is 0 Å². The molecule has 3 heteroatoms. The van der Waals surface area contributed by atoms with Crippen molar-refractivity contribution in [2.24, 2.45) is 5.92 Å². The molecule has 0 unspecified atom stereocenters. The number of benzene rings is 1. The largest absolute Gasteiger partial charge is 0.317 e. The van der Waals surface area contributed by atoms with E-state index in [4.69, 9.17) is 0 Å². The van der Waals surface area contributed by atoms with Crippen LogP contribution in [0.3, 0.4) is 0 Å². The predicted octanol–water partition coefficient (Wildman–Crippen LogP) is 3.14. The molecule has 1 aliphatic heterocycles. The van der Waals surface area contributed by atoms with Crippen molar-refractivity contribution in [1.29, 1.82) is 0 Å². The summed E-state index contributed by atoms with van der Waals surface area (Å²) in [5, 5.41) is 3.44. The van der Waals surface area contributed by atoms with Crippen LogP contribution in [0.25, 0.3) is 0 Å². The first-order chi connectivity index (χ1) is 9.38. The summed E-state index contributed by atoms with van der Waals surface area (Å²) in [5.74, 6) is 0.858. The summed E-state index contributed by atoms with van der Waals surface area (Å²) in [6.45, 7) is 9.64. The molecular weight excluding hydrogens is 268 g/mol. The van der Waals surface area contributed by atoms with E-state index in [2.05, 4.69) is 47.1 Å². The highest BCUT2D eigenvalue weighted by atomic mass is 35.5. The predicted molar refractivity (Wildman–Crippen MR) is 89.6 cm³/mol. The minimum Gasteiger partial charge on any atom is -0.317 e. The Bertz CT molecular complexity index is 361. The number of nitrogens with zero attached hydrogens (tertiary/aromatic N) is 1. The van der Waals surface area contributed by atoms with Crippen molar-refractivity contribution in [3.8, 4) is 0 Å². The highest BCUT2D eigenvalue weighted by Crippen LogP contribution is 2.14. The molecule has 0 spiro atoms. The van der Waals surface area contributed by atoms with E-state index in [1.54, 1.807) is 0 Å². The first kappa shape index (κ1) is 17.2. The summed E-state index contributed by atoms with van der Waals surface area (Å²) in [5.41, 5.74) is 1.43. The molecule has 0 aromatic heterocycles. The monoisotopic (exact) mass is 294 g/mol. The minimum absolute atomic E-state index is 0. The van der Waals surface area contributed by atoms with Crippen LogP contribution in [0.15, 0.2) is 43.0 Å². The Hall–Kier alpha value is -0.830. The van der Waals surface area contributed by atoms with Gasteiger partial charge in [0, 0.05) is 19.6 Å². The maximum Gasteiger partial charge on any atom is 0.0160 e. The van der Waals surface area contributed by atoms with Crippen molar-refractivity contribution in [2.45, 2.75) is 19.3 Å². The molecule has 1 fully saturated rings. The van der Waals surface area contributed by atoms with E-state index in [9.17, 15) is 0 Å². The Morgan fingerprint density at radius 3 is 2.55 bits per heavy atom. The molecule has 1 N–H and O–H groups in total. The number of rotatable bonds is 7. The van der Waals surface area contributed by atoms with E-state index in [1.807, 2.05) is 6.08 Å². The highest BCUT2D eigenvalue weighted by molar-refractivity contribution is 5.85. The van der Waals surface area contributed by atoms with Crippen LogP contribution in [-0.4, -0.2) is 37.6 Å². The normalized spacial score (nSPS) is 15.8. The lowest BCUT2D eigenvalue weighted by molar-refractivity contribution is 0.224. The SMILES string of the molecule is C=CCN(CCc1ccccc1)CC1CCNCC1.Cl. The van der Waals surface area contributed by atoms with Crippen LogP contribution in [0.1, 0.15) is 18.4 Å². The van der Waals surface area contributed by atoms with Gasteiger partial charge in [0.25, 0.3) is 0 Å². The maximum atomic E-state index is 3.89. The zero-order chi connectivity index (χ0) is 13.3. The summed E-state index contributed by atoms with van der Waals surface area (Å²) in [6.07, 6.45) is 5.81. The first-order valence-electron chi connectivity index (χ1n) is 7.46. The Morgan fingerprint density at radius 2 is 1.90 bits per heavy atom. The van der Waals surface area contributed by atoms with Crippen molar-refractivity contribution in [3.05, 3.63) is 48.6 Å². The van der Waals surface area contributed by atoms with Crippen molar-refractivity contribution >= 4 is 12.4 Å². The fraction of sp³-hybridized carbons (Fsp3) is 0.529. The molecular formula is C17H27ClN2. The smallest absolute Gasteiger partial charge is 0.0160 e. The van der Waals surface area contributed by atoms with Gasteiger partial charge in [0.2, 0.25) is 0 Å². The molecule has 0 bridgehead atoms. The molecule has 0 atom stereocenters.